The molecule has 0 spiro atoms. The molecule has 164 valence electrons. The van der Waals surface area contributed by atoms with Crippen LogP contribution in [0.25, 0.3) is 0 Å². The molecule has 2 atom stereocenters. The molecule has 0 saturated carbocycles. The first-order valence-corrected chi connectivity index (χ1v) is 10.1. The Morgan fingerprint density at radius 1 is 1.17 bits per heavy atom. The van der Waals surface area contributed by atoms with Crippen LogP contribution in [0.3, 0.4) is 0 Å². The Bertz CT molecular complexity index is 661. The van der Waals surface area contributed by atoms with Crippen LogP contribution < -0.4 is 15.5 Å². The molecule has 3 rings (SSSR count). The van der Waals surface area contributed by atoms with Crippen molar-refractivity contribution in [2.75, 3.05) is 64.8 Å². The van der Waals surface area contributed by atoms with E-state index in [0.717, 1.165) is 45.1 Å². The van der Waals surface area contributed by atoms with Crippen LogP contribution in [0.15, 0.2) is 23.2 Å². The van der Waals surface area contributed by atoms with Crippen LogP contribution in [0.2, 0.25) is 0 Å². The quantitative estimate of drug-likeness (QED) is 0.352. The van der Waals surface area contributed by atoms with Crippen LogP contribution in [0.4, 0.5) is 14.5 Å². The number of piperazine rings is 1. The van der Waals surface area contributed by atoms with Crippen molar-refractivity contribution in [3.05, 3.63) is 29.8 Å². The second-order valence-corrected chi connectivity index (χ2v) is 7.79. The summed E-state index contributed by atoms with van der Waals surface area (Å²) in [4.78, 5) is 10.9. The van der Waals surface area contributed by atoms with E-state index in [1.807, 2.05) is 0 Å². The predicted molar refractivity (Wildman–Crippen MR) is 125 cm³/mol. The maximum absolute atomic E-state index is 14.0. The molecule has 2 saturated heterocycles. The summed E-state index contributed by atoms with van der Waals surface area (Å²) in [5.41, 5.74) is 0.0680. The SMILES string of the molecule is CN=C(NCC(C)N1CCN(C)CC1)NC1CCN(c2c(F)cccc2F)C1.I. The van der Waals surface area contributed by atoms with Crippen LogP contribution in [0, 0.1) is 11.6 Å². The largest absolute Gasteiger partial charge is 0.365 e. The molecule has 2 aliphatic heterocycles. The molecule has 1 aromatic rings. The predicted octanol–water partition coefficient (Wildman–Crippen LogP) is 1.96. The lowest BCUT2D eigenvalue weighted by Gasteiger charge is -2.36. The minimum atomic E-state index is -0.510. The summed E-state index contributed by atoms with van der Waals surface area (Å²) in [6, 6.07) is 4.52. The smallest absolute Gasteiger partial charge is 0.191 e. The van der Waals surface area contributed by atoms with Gasteiger partial charge >= 0.3 is 0 Å². The molecule has 2 N–H and O–H groups in total. The fourth-order valence-corrected chi connectivity index (χ4v) is 3.90. The van der Waals surface area contributed by atoms with Gasteiger partial charge < -0.3 is 20.4 Å². The molecule has 0 aromatic heterocycles. The van der Waals surface area contributed by atoms with E-state index >= 15 is 0 Å². The second-order valence-electron chi connectivity index (χ2n) is 7.79. The average Bonchev–Trinajstić information content (AvgIpc) is 3.13. The summed E-state index contributed by atoms with van der Waals surface area (Å²) in [7, 11) is 3.91. The fraction of sp³-hybridized carbons (Fsp3) is 0.650. The van der Waals surface area contributed by atoms with Crippen molar-refractivity contribution in [1.82, 2.24) is 20.4 Å². The van der Waals surface area contributed by atoms with Crippen LogP contribution in [0.1, 0.15) is 13.3 Å². The molecule has 2 fully saturated rings. The standard InChI is InChI=1S/C20H32F2N6.HI/c1-15(27-11-9-26(3)10-12-27)13-24-20(23-2)25-16-7-8-28(14-16)19-17(21)5-4-6-18(19)22;/h4-6,15-16H,7-14H2,1-3H3,(H2,23,24,25);1H. The summed E-state index contributed by atoms with van der Waals surface area (Å²) in [6.45, 7) is 8.56. The van der Waals surface area contributed by atoms with Gasteiger partial charge in [-0.15, -0.1) is 24.0 Å². The lowest BCUT2D eigenvalue weighted by atomic mass is 10.2. The zero-order valence-corrected chi connectivity index (χ0v) is 19.8. The molecule has 2 heterocycles. The highest BCUT2D eigenvalue weighted by molar-refractivity contribution is 14.0. The summed E-state index contributed by atoms with van der Waals surface area (Å²) in [6.07, 6.45) is 0.808. The van der Waals surface area contributed by atoms with E-state index in [-0.39, 0.29) is 35.7 Å². The minimum absolute atomic E-state index is 0. The molecule has 29 heavy (non-hydrogen) atoms. The Balaban J connectivity index is 0.00000300. The first-order chi connectivity index (χ1) is 13.5. The van der Waals surface area contributed by atoms with E-state index in [2.05, 4.69) is 39.4 Å². The van der Waals surface area contributed by atoms with Gasteiger partial charge in [-0.1, -0.05) is 6.07 Å². The summed E-state index contributed by atoms with van der Waals surface area (Å²) >= 11 is 0. The van der Waals surface area contributed by atoms with Crippen molar-refractivity contribution in [2.24, 2.45) is 4.99 Å². The van der Waals surface area contributed by atoms with Crippen LogP contribution >= 0.6 is 24.0 Å². The fourth-order valence-electron chi connectivity index (χ4n) is 3.90. The van der Waals surface area contributed by atoms with Gasteiger partial charge in [-0.25, -0.2) is 8.78 Å². The van der Waals surface area contributed by atoms with Gasteiger partial charge in [0.2, 0.25) is 0 Å². The van der Waals surface area contributed by atoms with Crippen LogP contribution in [0.5, 0.6) is 0 Å². The third-order valence-electron chi connectivity index (χ3n) is 5.73. The van der Waals surface area contributed by atoms with Crippen LogP contribution in [-0.2, 0) is 0 Å². The van der Waals surface area contributed by atoms with Crippen molar-refractivity contribution in [1.29, 1.82) is 0 Å². The number of likely N-dealkylation sites (N-methyl/N-ethyl adjacent to an activating group) is 1. The van der Waals surface area contributed by atoms with Crippen molar-refractivity contribution in [2.45, 2.75) is 25.4 Å². The monoisotopic (exact) mass is 522 g/mol. The lowest BCUT2D eigenvalue weighted by molar-refractivity contribution is 0.120. The highest BCUT2D eigenvalue weighted by atomic mass is 127. The molecule has 6 nitrogen and oxygen atoms in total. The maximum Gasteiger partial charge on any atom is 0.191 e. The van der Waals surface area contributed by atoms with Crippen molar-refractivity contribution < 1.29 is 8.78 Å². The van der Waals surface area contributed by atoms with E-state index in [1.165, 1.54) is 18.2 Å². The Morgan fingerprint density at radius 3 is 2.45 bits per heavy atom. The number of hydrogen-bond acceptors (Lipinski definition) is 4. The van der Waals surface area contributed by atoms with E-state index < -0.39 is 11.6 Å². The summed E-state index contributed by atoms with van der Waals surface area (Å²) in [5, 5.41) is 6.79. The number of hydrogen-bond donors (Lipinski definition) is 2. The molecule has 0 bridgehead atoms. The topological polar surface area (TPSA) is 46.1 Å². The number of benzene rings is 1. The average molecular weight is 522 g/mol. The van der Waals surface area contributed by atoms with Crippen molar-refractivity contribution in [3.63, 3.8) is 0 Å². The lowest BCUT2D eigenvalue weighted by Crippen LogP contribution is -2.53. The Morgan fingerprint density at radius 2 is 1.83 bits per heavy atom. The molecule has 0 radical (unpaired) electrons. The van der Waals surface area contributed by atoms with Gasteiger partial charge in [0.15, 0.2) is 5.96 Å². The minimum Gasteiger partial charge on any atom is -0.365 e. The van der Waals surface area contributed by atoms with E-state index in [0.29, 0.717) is 19.1 Å². The van der Waals surface area contributed by atoms with Gasteiger partial charge in [-0.05, 0) is 32.5 Å². The molecule has 0 amide bonds. The Labute approximate surface area is 189 Å². The zero-order chi connectivity index (χ0) is 20.1. The molecule has 1 aromatic carbocycles. The van der Waals surface area contributed by atoms with E-state index in [1.54, 1.807) is 11.9 Å². The number of nitrogens with zero attached hydrogens (tertiary/aromatic N) is 4. The zero-order valence-electron chi connectivity index (χ0n) is 17.5. The molecule has 0 aliphatic carbocycles. The third kappa shape index (κ3) is 6.39. The van der Waals surface area contributed by atoms with Crippen molar-refractivity contribution >= 4 is 35.6 Å². The molecular formula is C20H33F2IN6. The first-order valence-electron chi connectivity index (χ1n) is 10.1. The highest BCUT2D eigenvalue weighted by Crippen LogP contribution is 2.26. The molecule has 9 heteroatoms. The second kappa shape index (κ2) is 11.3. The van der Waals surface area contributed by atoms with Crippen molar-refractivity contribution in [3.8, 4) is 0 Å². The van der Waals surface area contributed by atoms with Gasteiger partial charge in [0.05, 0.1) is 0 Å². The number of guanidine groups is 1. The number of aliphatic imine (C=N–C) groups is 1. The van der Waals surface area contributed by atoms with E-state index in [4.69, 9.17) is 0 Å². The van der Waals surface area contributed by atoms with Gasteiger partial charge in [0.1, 0.15) is 17.3 Å². The summed E-state index contributed by atoms with van der Waals surface area (Å²) in [5.74, 6) is -0.282. The number of nitrogens with one attached hydrogen (secondary N) is 2. The molecule has 2 unspecified atom stereocenters. The Kier molecular flexibility index (Phi) is 9.35. The van der Waals surface area contributed by atoms with Gasteiger partial charge in [-0.3, -0.25) is 9.89 Å². The third-order valence-corrected chi connectivity index (χ3v) is 5.73. The van der Waals surface area contributed by atoms with Gasteiger partial charge in [0.25, 0.3) is 0 Å². The highest BCUT2D eigenvalue weighted by Gasteiger charge is 2.27. The molecular weight excluding hydrogens is 489 g/mol. The summed E-state index contributed by atoms with van der Waals surface area (Å²) < 4.78 is 28.0. The van der Waals surface area contributed by atoms with Gasteiger partial charge in [-0.2, -0.15) is 0 Å². The number of anilines is 1. The van der Waals surface area contributed by atoms with E-state index in [9.17, 15) is 8.78 Å². The number of para-hydroxylation sites is 1. The first kappa shape index (κ1) is 24.1. The van der Waals surface area contributed by atoms with Gasteiger partial charge in [0, 0.05) is 64.9 Å². The maximum atomic E-state index is 14.0. The molecule has 2 aliphatic rings. The number of halogens is 3. The number of rotatable bonds is 5. The normalized spacial score (nSPS) is 22.3. The van der Waals surface area contributed by atoms with Crippen LogP contribution in [-0.4, -0.2) is 87.8 Å². The Hall–Kier alpha value is -1.20.